The van der Waals surface area contributed by atoms with Crippen molar-refractivity contribution in [2.24, 2.45) is 0 Å². The Morgan fingerprint density at radius 2 is 1.53 bits per heavy atom. The Labute approximate surface area is 102 Å². The van der Waals surface area contributed by atoms with Gasteiger partial charge in [0, 0.05) is 46.1 Å². The first kappa shape index (κ1) is 14.0. The smallest absolute Gasteiger partial charge is 0.377 e. The summed E-state index contributed by atoms with van der Waals surface area (Å²) in [5.41, 5.74) is 0. The van der Waals surface area contributed by atoms with Gasteiger partial charge in [-0.3, -0.25) is 14.5 Å². The molecule has 17 heavy (non-hydrogen) atoms. The van der Waals surface area contributed by atoms with Gasteiger partial charge in [0.25, 0.3) is 11.8 Å². The first-order chi connectivity index (χ1) is 8.08. The first-order valence-electron chi connectivity index (χ1n) is 5.27. The minimum absolute atomic E-state index is 0.269. The first-order valence-corrected chi connectivity index (χ1v) is 7.20. The van der Waals surface area contributed by atoms with Crippen LogP contribution in [0.2, 0.25) is 6.04 Å². The molecule has 96 valence electrons. The van der Waals surface area contributed by atoms with E-state index in [1.165, 1.54) is 38.4 Å². The van der Waals surface area contributed by atoms with E-state index >= 15 is 0 Å². The molecule has 1 rings (SSSR count). The minimum atomic E-state index is -2.60. The number of imide groups is 1. The molecule has 0 saturated heterocycles. The van der Waals surface area contributed by atoms with E-state index in [-0.39, 0.29) is 11.8 Å². The van der Waals surface area contributed by atoms with Crippen LogP contribution in [0.15, 0.2) is 12.2 Å². The molecule has 0 aromatic heterocycles. The molecule has 0 bridgehead atoms. The predicted molar refractivity (Wildman–Crippen MR) is 62.1 cm³/mol. The van der Waals surface area contributed by atoms with Gasteiger partial charge >= 0.3 is 8.80 Å². The van der Waals surface area contributed by atoms with Crippen molar-refractivity contribution in [1.82, 2.24) is 4.90 Å². The summed E-state index contributed by atoms with van der Waals surface area (Å²) in [5.74, 6) is -0.538. The Morgan fingerprint density at radius 3 is 1.94 bits per heavy atom. The van der Waals surface area contributed by atoms with Crippen molar-refractivity contribution in [1.29, 1.82) is 0 Å². The van der Waals surface area contributed by atoms with Gasteiger partial charge in [-0.25, -0.2) is 0 Å². The molecule has 0 aromatic carbocycles. The van der Waals surface area contributed by atoms with Crippen LogP contribution in [0.5, 0.6) is 0 Å². The third-order valence-electron chi connectivity index (χ3n) is 2.70. The van der Waals surface area contributed by atoms with Gasteiger partial charge in [0.2, 0.25) is 0 Å². The van der Waals surface area contributed by atoms with Gasteiger partial charge in [0.1, 0.15) is 0 Å². The van der Waals surface area contributed by atoms with E-state index < -0.39 is 8.80 Å². The van der Waals surface area contributed by atoms with Crippen molar-refractivity contribution in [3.8, 4) is 0 Å². The molecule has 0 spiro atoms. The quantitative estimate of drug-likeness (QED) is 0.482. The van der Waals surface area contributed by atoms with E-state index in [9.17, 15) is 9.59 Å². The third-order valence-corrected chi connectivity index (χ3v) is 5.53. The summed E-state index contributed by atoms with van der Waals surface area (Å²) < 4.78 is 15.7. The van der Waals surface area contributed by atoms with Crippen molar-refractivity contribution in [2.45, 2.75) is 12.5 Å². The summed E-state index contributed by atoms with van der Waals surface area (Å²) in [6.07, 6.45) is 3.15. The van der Waals surface area contributed by atoms with Crippen LogP contribution in [0.1, 0.15) is 6.42 Å². The zero-order valence-electron chi connectivity index (χ0n) is 10.3. The molecule has 1 aliphatic heterocycles. The Hall–Kier alpha value is -1.02. The molecule has 0 saturated carbocycles. The second-order valence-corrected chi connectivity index (χ2v) is 6.65. The summed E-state index contributed by atoms with van der Waals surface area (Å²) in [7, 11) is 2.00. The average Bonchev–Trinajstić information content (AvgIpc) is 2.66. The van der Waals surface area contributed by atoms with Crippen LogP contribution in [-0.2, 0) is 22.9 Å². The highest BCUT2D eigenvalue weighted by atomic mass is 28.4. The molecular formula is C10H17NO5Si. The number of carbonyl (C=O) groups is 2. The maximum absolute atomic E-state index is 11.3. The standard InChI is InChI=1S/C10H17NO5Si/c1-14-17(15-2,16-3)8-4-7-11-9(12)5-6-10(11)13/h5-6H,4,7-8H2,1-3H3. The van der Waals surface area contributed by atoms with E-state index in [2.05, 4.69) is 0 Å². The Kier molecular flexibility index (Phi) is 5.00. The Balaban J connectivity index is 2.42. The predicted octanol–water partition coefficient (Wildman–Crippen LogP) is 0.180. The lowest BCUT2D eigenvalue weighted by Gasteiger charge is -2.25. The van der Waals surface area contributed by atoms with E-state index in [4.69, 9.17) is 13.3 Å². The van der Waals surface area contributed by atoms with Gasteiger partial charge in [-0.15, -0.1) is 0 Å². The largest absolute Gasteiger partial charge is 0.500 e. The zero-order valence-corrected chi connectivity index (χ0v) is 11.3. The van der Waals surface area contributed by atoms with Crippen LogP contribution in [0.25, 0.3) is 0 Å². The van der Waals surface area contributed by atoms with Gasteiger partial charge in [-0.2, -0.15) is 0 Å². The van der Waals surface area contributed by atoms with Crippen molar-refractivity contribution in [2.75, 3.05) is 27.9 Å². The normalized spacial score (nSPS) is 16.1. The molecule has 0 aromatic rings. The zero-order chi connectivity index (χ0) is 12.9. The number of hydrogen-bond donors (Lipinski definition) is 0. The lowest BCUT2D eigenvalue weighted by molar-refractivity contribution is -0.136. The summed E-state index contributed by atoms with van der Waals surface area (Å²) >= 11 is 0. The molecule has 7 heteroatoms. The van der Waals surface area contributed by atoms with Crippen molar-refractivity contribution in [3.63, 3.8) is 0 Å². The topological polar surface area (TPSA) is 65.1 Å². The van der Waals surface area contributed by atoms with Crippen LogP contribution >= 0.6 is 0 Å². The molecule has 0 fully saturated rings. The molecule has 0 N–H and O–H groups in total. The van der Waals surface area contributed by atoms with Gasteiger partial charge in [-0.1, -0.05) is 0 Å². The summed E-state index contributed by atoms with van der Waals surface area (Å²) in [6.45, 7) is 0.357. The number of amides is 2. The van der Waals surface area contributed by atoms with Gasteiger partial charge in [0.05, 0.1) is 0 Å². The second-order valence-electron chi connectivity index (χ2n) is 3.56. The monoisotopic (exact) mass is 259 g/mol. The number of carbonyl (C=O) groups excluding carboxylic acids is 2. The fraction of sp³-hybridized carbons (Fsp3) is 0.600. The van der Waals surface area contributed by atoms with Crippen LogP contribution in [-0.4, -0.2) is 53.4 Å². The molecule has 0 atom stereocenters. The number of nitrogens with zero attached hydrogens (tertiary/aromatic N) is 1. The number of hydrogen-bond acceptors (Lipinski definition) is 5. The second kappa shape index (κ2) is 6.06. The molecule has 2 amide bonds. The SMILES string of the molecule is CO[Si](CCCN1C(=O)C=CC1=O)(OC)OC. The van der Waals surface area contributed by atoms with Crippen LogP contribution in [0.4, 0.5) is 0 Å². The lowest BCUT2D eigenvalue weighted by Crippen LogP contribution is -2.43. The summed E-state index contributed by atoms with van der Waals surface area (Å²) in [4.78, 5) is 23.8. The third kappa shape index (κ3) is 3.22. The van der Waals surface area contributed by atoms with E-state index in [1.54, 1.807) is 0 Å². The molecule has 6 nitrogen and oxygen atoms in total. The fourth-order valence-corrected chi connectivity index (χ4v) is 3.36. The average molecular weight is 259 g/mol. The van der Waals surface area contributed by atoms with Crippen LogP contribution < -0.4 is 0 Å². The summed E-state index contributed by atoms with van der Waals surface area (Å²) in [6, 6.07) is 0.563. The summed E-state index contributed by atoms with van der Waals surface area (Å²) in [5, 5.41) is 0. The highest BCUT2D eigenvalue weighted by molar-refractivity contribution is 6.60. The molecular weight excluding hydrogens is 242 g/mol. The Bertz CT molecular complexity index is 300. The van der Waals surface area contributed by atoms with Gasteiger partial charge < -0.3 is 13.3 Å². The Morgan fingerprint density at radius 1 is 1.06 bits per heavy atom. The maximum Gasteiger partial charge on any atom is 0.500 e. The maximum atomic E-state index is 11.3. The van der Waals surface area contributed by atoms with Crippen LogP contribution in [0.3, 0.4) is 0 Å². The van der Waals surface area contributed by atoms with Gasteiger partial charge in [0.15, 0.2) is 0 Å². The highest BCUT2D eigenvalue weighted by Gasteiger charge is 2.37. The van der Waals surface area contributed by atoms with Crippen molar-refractivity contribution < 1.29 is 22.9 Å². The van der Waals surface area contributed by atoms with Crippen molar-refractivity contribution >= 4 is 20.6 Å². The minimum Gasteiger partial charge on any atom is -0.377 e. The van der Waals surface area contributed by atoms with E-state index in [0.29, 0.717) is 19.0 Å². The molecule has 1 aliphatic rings. The van der Waals surface area contributed by atoms with Crippen LogP contribution in [0, 0.1) is 0 Å². The van der Waals surface area contributed by atoms with Crippen molar-refractivity contribution in [3.05, 3.63) is 12.2 Å². The van der Waals surface area contributed by atoms with E-state index in [0.717, 1.165) is 0 Å². The fourth-order valence-electron chi connectivity index (χ4n) is 1.66. The number of rotatable bonds is 7. The van der Waals surface area contributed by atoms with Gasteiger partial charge in [-0.05, 0) is 6.42 Å². The van der Waals surface area contributed by atoms with E-state index in [1.807, 2.05) is 0 Å². The molecule has 0 unspecified atom stereocenters. The molecule has 0 radical (unpaired) electrons. The lowest BCUT2D eigenvalue weighted by atomic mass is 10.4. The highest BCUT2D eigenvalue weighted by Crippen LogP contribution is 2.16. The molecule has 1 heterocycles. The molecule has 0 aliphatic carbocycles.